The van der Waals surface area contributed by atoms with Crippen LogP contribution in [0.15, 0.2) is 12.3 Å². The van der Waals surface area contributed by atoms with Crippen LogP contribution in [0.5, 0.6) is 11.6 Å². The average molecular weight is 275 g/mol. The van der Waals surface area contributed by atoms with Crippen LogP contribution in [0.3, 0.4) is 0 Å². The van der Waals surface area contributed by atoms with Crippen LogP contribution in [0.4, 0.5) is 4.39 Å². The van der Waals surface area contributed by atoms with Gasteiger partial charge in [-0.15, -0.1) is 0 Å². The molecule has 0 unspecified atom stereocenters. The van der Waals surface area contributed by atoms with Crippen LogP contribution in [0.2, 0.25) is 25.7 Å². The molecular weight excluding hydrogens is 253 g/mol. The van der Waals surface area contributed by atoms with Crippen LogP contribution in [0.1, 0.15) is 0 Å². The second-order valence-corrected chi connectivity index (χ2v) is 11.0. The highest BCUT2D eigenvalue weighted by molar-refractivity contribution is 6.76. The molecule has 0 aliphatic heterocycles. The summed E-state index contributed by atoms with van der Waals surface area (Å²) in [5.74, 6) is 0.524. The predicted octanol–water partition coefficient (Wildman–Crippen LogP) is 2.85. The van der Waals surface area contributed by atoms with Crippen molar-refractivity contribution in [3.05, 3.63) is 12.3 Å². The SMILES string of the molecule is C[Si](C)(C)CCOCn1cc(O)cc1OCCF. The van der Waals surface area contributed by atoms with Gasteiger partial charge in [0.25, 0.3) is 0 Å². The summed E-state index contributed by atoms with van der Waals surface area (Å²) in [5.41, 5.74) is 0. The van der Waals surface area contributed by atoms with E-state index in [1.54, 1.807) is 4.57 Å². The van der Waals surface area contributed by atoms with Crippen molar-refractivity contribution in [1.82, 2.24) is 4.57 Å². The van der Waals surface area contributed by atoms with Gasteiger partial charge in [-0.3, -0.25) is 4.57 Å². The minimum atomic E-state index is -1.09. The summed E-state index contributed by atoms with van der Waals surface area (Å²) in [5, 5.41) is 9.38. The summed E-state index contributed by atoms with van der Waals surface area (Å²) >= 11 is 0. The molecule has 6 heteroatoms. The van der Waals surface area contributed by atoms with Gasteiger partial charge in [0.1, 0.15) is 25.8 Å². The summed E-state index contributed by atoms with van der Waals surface area (Å²) < 4.78 is 24.4. The summed E-state index contributed by atoms with van der Waals surface area (Å²) in [4.78, 5) is 0. The maximum Gasteiger partial charge on any atom is 0.199 e. The summed E-state index contributed by atoms with van der Waals surface area (Å²) in [6.07, 6.45) is 1.52. The maximum absolute atomic E-state index is 12.0. The van der Waals surface area contributed by atoms with Gasteiger partial charge in [-0.25, -0.2) is 4.39 Å². The summed E-state index contributed by atoms with van der Waals surface area (Å²) in [6, 6.07) is 2.54. The molecule has 1 aromatic heterocycles. The monoisotopic (exact) mass is 275 g/mol. The lowest BCUT2D eigenvalue weighted by atomic mass is 10.6. The second kappa shape index (κ2) is 6.80. The Morgan fingerprint density at radius 1 is 1.33 bits per heavy atom. The van der Waals surface area contributed by atoms with Gasteiger partial charge in [0.05, 0.1) is 6.20 Å². The average Bonchev–Trinajstić information content (AvgIpc) is 2.61. The number of hydrogen-bond acceptors (Lipinski definition) is 3. The molecule has 1 heterocycles. The van der Waals surface area contributed by atoms with Crippen molar-refractivity contribution in [2.75, 3.05) is 19.9 Å². The molecule has 0 amide bonds. The first-order chi connectivity index (χ1) is 8.42. The Balaban J connectivity index is 2.41. The van der Waals surface area contributed by atoms with E-state index in [1.165, 1.54) is 12.3 Å². The molecule has 1 N–H and O–H groups in total. The van der Waals surface area contributed by atoms with Crippen molar-refractivity contribution < 1.29 is 19.0 Å². The van der Waals surface area contributed by atoms with E-state index >= 15 is 0 Å². The molecule has 4 nitrogen and oxygen atoms in total. The Morgan fingerprint density at radius 3 is 2.67 bits per heavy atom. The largest absolute Gasteiger partial charge is 0.506 e. The Labute approximate surface area is 108 Å². The van der Waals surface area contributed by atoms with Crippen LogP contribution in [-0.4, -0.2) is 37.6 Å². The molecule has 0 radical (unpaired) electrons. The fourth-order valence-corrected chi connectivity index (χ4v) is 2.14. The lowest BCUT2D eigenvalue weighted by molar-refractivity contribution is 0.0791. The molecule has 104 valence electrons. The van der Waals surface area contributed by atoms with Crippen molar-refractivity contribution in [3.8, 4) is 11.6 Å². The van der Waals surface area contributed by atoms with Crippen molar-refractivity contribution >= 4 is 8.07 Å². The van der Waals surface area contributed by atoms with E-state index in [4.69, 9.17) is 9.47 Å². The highest BCUT2D eigenvalue weighted by Crippen LogP contribution is 2.22. The van der Waals surface area contributed by atoms with E-state index in [-0.39, 0.29) is 12.4 Å². The topological polar surface area (TPSA) is 43.6 Å². The second-order valence-electron chi connectivity index (χ2n) is 5.39. The zero-order valence-electron chi connectivity index (χ0n) is 11.3. The van der Waals surface area contributed by atoms with E-state index < -0.39 is 14.7 Å². The van der Waals surface area contributed by atoms with E-state index in [1.807, 2.05) is 0 Å². The van der Waals surface area contributed by atoms with Gasteiger partial charge < -0.3 is 14.6 Å². The number of alkyl halides is 1. The molecule has 18 heavy (non-hydrogen) atoms. The van der Waals surface area contributed by atoms with E-state index in [0.717, 1.165) is 6.04 Å². The van der Waals surface area contributed by atoms with Crippen LogP contribution in [0, 0.1) is 0 Å². The van der Waals surface area contributed by atoms with Crippen molar-refractivity contribution in [2.45, 2.75) is 32.4 Å². The molecule has 0 bridgehead atoms. The van der Waals surface area contributed by atoms with Crippen molar-refractivity contribution in [2.24, 2.45) is 0 Å². The third-order valence-corrected chi connectivity index (χ3v) is 4.10. The molecule has 0 saturated heterocycles. The molecule has 0 aromatic carbocycles. The highest BCUT2D eigenvalue weighted by atomic mass is 28.3. The summed E-state index contributed by atoms with van der Waals surface area (Å²) in [7, 11) is -1.09. The Kier molecular flexibility index (Phi) is 5.68. The van der Waals surface area contributed by atoms with Gasteiger partial charge >= 0.3 is 0 Å². The first kappa shape index (κ1) is 15.0. The first-order valence-corrected chi connectivity index (χ1v) is 9.79. The molecule has 0 spiro atoms. The third-order valence-electron chi connectivity index (χ3n) is 2.40. The molecule has 1 aromatic rings. The molecule has 0 aliphatic carbocycles. The lowest BCUT2D eigenvalue weighted by Gasteiger charge is -2.16. The molecular formula is C12H22FNO3Si. The Bertz CT molecular complexity index is 363. The zero-order valence-corrected chi connectivity index (χ0v) is 12.3. The van der Waals surface area contributed by atoms with Crippen LogP contribution < -0.4 is 4.74 Å². The van der Waals surface area contributed by atoms with Crippen molar-refractivity contribution in [3.63, 3.8) is 0 Å². The number of hydrogen-bond donors (Lipinski definition) is 1. The fraction of sp³-hybridized carbons (Fsp3) is 0.667. The number of aromatic hydroxyl groups is 1. The van der Waals surface area contributed by atoms with Gasteiger partial charge in [-0.05, 0) is 6.04 Å². The summed E-state index contributed by atoms with van der Waals surface area (Å²) in [6.45, 7) is 7.29. The minimum Gasteiger partial charge on any atom is -0.506 e. The van der Waals surface area contributed by atoms with Gasteiger partial charge in [0.2, 0.25) is 0 Å². The fourth-order valence-electron chi connectivity index (χ4n) is 1.38. The predicted molar refractivity (Wildman–Crippen MR) is 71.7 cm³/mol. The van der Waals surface area contributed by atoms with Crippen molar-refractivity contribution in [1.29, 1.82) is 0 Å². The molecule has 0 atom stereocenters. The van der Waals surface area contributed by atoms with Crippen LogP contribution in [0.25, 0.3) is 0 Å². The van der Waals surface area contributed by atoms with Crippen LogP contribution in [-0.2, 0) is 11.5 Å². The number of ether oxygens (including phenoxy) is 2. The van der Waals surface area contributed by atoms with Gasteiger partial charge in [0.15, 0.2) is 5.88 Å². The number of nitrogens with zero attached hydrogens (tertiary/aromatic N) is 1. The normalized spacial score (nSPS) is 11.8. The molecule has 1 rings (SSSR count). The smallest absolute Gasteiger partial charge is 0.199 e. The zero-order chi connectivity index (χ0) is 13.6. The number of aromatic nitrogens is 1. The number of halogens is 1. The molecule has 0 saturated carbocycles. The molecule has 0 fully saturated rings. The van der Waals surface area contributed by atoms with Gasteiger partial charge in [-0.1, -0.05) is 19.6 Å². The Hall–Kier alpha value is -1.01. The standard InChI is InChI=1S/C12H22FNO3Si/c1-18(2,3)7-6-16-10-14-9-11(15)8-12(14)17-5-4-13/h8-9,15H,4-7,10H2,1-3H3. The third kappa shape index (κ3) is 5.55. The van der Waals surface area contributed by atoms with Gasteiger partial charge in [0, 0.05) is 20.7 Å². The van der Waals surface area contributed by atoms with E-state index in [2.05, 4.69) is 19.6 Å². The first-order valence-electron chi connectivity index (χ1n) is 6.08. The van der Waals surface area contributed by atoms with E-state index in [9.17, 15) is 9.50 Å². The van der Waals surface area contributed by atoms with E-state index in [0.29, 0.717) is 19.2 Å². The maximum atomic E-state index is 12.0. The van der Waals surface area contributed by atoms with Crippen LogP contribution >= 0.6 is 0 Å². The minimum absolute atomic E-state index is 0.0155. The lowest BCUT2D eigenvalue weighted by Crippen LogP contribution is -2.22. The van der Waals surface area contributed by atoms with Gasteiger partial charge in [-0.2, -0.15) is 0 Å². The molecule has 0 aliphatic rings. The number of rotatable bonds is 8. The highest BCUT2D eigenvalue weighted by Gasteiger charge is 2.12. The Morgan fingerprint density at radius 2 is 2.06 bits per heavy atom. The quantitative estimate of drug-likeness (QED) is 0.586.